The van der Waals surface area contributed by atoms with Gasteiger partial charge in [0.15, 0.2) is 0 Å². The molecule has 5 rings (SSSR count). The van der Waals surface area contributed by atoms with Gasteiger partial charge in [-0.1, -0.05) is 0 Å². The van der Waals surface area contributed by atoms with Crippen LogP contribution in [-0.4, -0.2) is 78.5 Å². The number of aliphatic imine (C=N–C) groups is 2. The van der Waals surface area contributed by atoms with Crippen molar-refractivity contribution in [2.24, 2.45) is 23.0 Å². The van der Waals surface area contributed by atoms with Crippen molar-refractivity contribution in [2.75, 3.05) is 44.2 Å². The predicted molar refractivity (Wildman–Crippen MR) is 132 cm³/mol. The third kappa shape index (κ3) is 4.40. The lowest BCUT2D eigenvalue weighted by Crippen LogP contribution is -2.48. The average Bonchev–Trinajstić information content (AvgIpc) is 3.66. The second-order valence-corrected chi connectivity index (χ2v) is 9.27. The molecule has 1 aliphatic carbocycles. The summed E-state index contributed by atoms with van der Waals surface area (Å²) in [5.41, 5.74) is 2.51. The number of dihydropyridines is 2. The number of fused-ring (bicyclic) bond motifs is 1. The molecule has 4 heterocycles. The Balaban J connectivity index is 1.20. The molecule has 34 heavy (non-hydrogen) atoms. The van der Waals surface area contributed by atoms with E-state index in [9.17, 15) is 14.4 Å². The van der Waals surface area contributed by atoms with Crippen molar-refractivity contribution < 1.29 is 9.59 Å². The molecule has 9 heteroatoms. The van der Waals surface area contributed by atoms with Gasteiger partial charge < -0.3 is 10.2 Å². The number of rotatable bonds is 6. The standard InChI is InChI=1S/C25H30N6O3/c1-3-26-23(32)18-6-7-22(29(2)25(18)34)31-10-8-30(9-11-31)15-16-12-21-20(27-14-16)13-19(17-4-5-17)24(33)28-21/h6-7,12-14,17,20H,3-5,8-11,15H2,1-2H3,(H,26,32). The third-order valence-corrected chi connectivity index (χ3v) is 6.83. The Morgan fingerprint density at radius 1 is 1.15 bits per heavy atom. The van der Waals surface area contributed by atoms with Gasteiger partial charge in [-0.2, -0.15) is 0 Å². The quantitative estimate of drug-likeness (QED) is 0.679. The molecule has 1 N–H and O–H groups in total. The minimum absolute atomic E-state index is 0.0983. The van der Waals surface area contributed by atoms with Gasteiger partial charge in [-0.25, -0.2) is 4.99 Å². The lowest BCUT2D eigenvalue weighted by Gasteiger charge is -2.37. The maximum absolute atomic E-state index is 12.7. The molecule has 0 bridgehead atoms. The summed E-state index contributed by atoms with van der Waals surface area (Å²) in [6.07, 6.45) is 8.08. The van der Waals surface area contributed by atoms with Gasteiger partial charge in [-0.3, -0.25) is 28.8 Å². The van der Waals surface area contributed by atoms with Crippen molar-refractivity contribution in [3.05, 3.63) is 51.3 Å². The Bertz CT molecular complexity index is 1200. The number of carbonyl (C=O) groups is 2. The Morgan fingerprint density at radius 2 is 1.91 bits per heavy atom. The molecule has 1 atom stereocenters. The van der Waals surface area contributed by atoms with E-state index in [-0.39, 0.29) is 29.0 Å². The number of piperazine rings is 1. The Morgan fingerprint density at radius 3 is 2.62 bits per heavy atom. The maximum atomic E-state index is 12.7. The van der Waals surface area contributed by atoms with Crippen molar-refractivity contribution in [3.8, 4) is 0 Å². The molecule has 0 spiro atoms. The van der Waals surface area contributed by atoms with Crippen molar-refractivity contribution >= 4 is 29.6 Å². The fourth-order valence-corrected chi connectivity index (χ4v) is 4.77. The van der Waals surface area contributed by atoms with Crippen LogP contribution in [0.2, 0.25) is 0 Å². The van der Waals surface area contributed by atoms with Gasteiger partial charge in [0.05, 0.1) is 5.71 Å². The molecule has 1 unspecified atom stereocenters. The van der Waals surface area contributed by atoms with Crippen LogP contribution in [0.25, 0.3) is 0 Å². The molecular weight excluding hydrogens is 432 g/mol. The summed E-state index contributed by atoms with van der Waals surface area (Å²) in [6, 6.07) is 3.33. The summed E-state index contributed by atoms with van der Waals surface area (Å²) in [5, 5.41) is 2.68. The van der Waals surface area contributed by atoms with Crippen LogP contribution in [-0.2, 0) is 11.8 Å². The van der Waals surface area contributed by atoms with Crippen LogP contribution in [0.3, 0.4) is 0 Å². The van der Waals surface area contributed by atoms with Crippen molar-refractivity contribution in [2.45, 2.75) is 25.8 Å². The highest BCUT2D eigenvalue weighted by atomic mass is 16.2. The summed E-state index contributed by atoms with van der Waals surface area (Å²) >= 11 is 0. The first kappa shape index (κ1) is 22.5. The van der Waals surface area contributed by atoms with E-state index in [1.54, 1.807) is 17.7 Å². The van der Waals surface area contributed by atoms with E-state index < -0.39 is 0 Å². The molecule has 4 aliphatic rings. The lowest BCUT2D eigenvalue weighted by atomic mass is 9.97. The number of nitrogens with zero attached hydrogens (tertiary/aromatic N) is 5. The number of aromatic nitrogens is 1. The summed E-state index contributed by atoms with van der Waals surface area (Å²) in [4.78, 5) is 50.6. The SMILES string of the molecule is CCNC(=O)c1ccc(N2CCN(CC3=CC4=NC(=O)C(C5CC5)=CC4N=C3)CC2)n(C)c1=O. The molecule has 2 fully saturated rings. The first-order valence-corrected chi connectivity index (χ1v) is 12.0. The number of pyridine rings is 1. The van der Waals surface area contributed by atoms with E-state index in [1.807, 2.05) is 31.4 Å². The average molecular weight is 463 g/mol. The maximum Gasteiger partial charge on any atom is 0.273 e. The van der Waals surface area contributed by atoms with Crippen LogP contribution in [0.4, 0.5) is 5.82 Å². The number of hydrogen-bond donors (Lipinski definition) is 1. The fraction of sp³-hybridized carbons (Fsp3) is 0.480. The molecule has 0 radical (unpaired) electrons. The fourth-order valence-electron chi connectivity index (χ4n) is 4.77. The van der Waals surface area contributed by atoms with Crippen molar-refractivity contribution in [3.63, 3.8) is 0 Å². The van der Waals surface area contributed by atoms with Gasteiger partial charge in [0, 0.05) is 58.1 Å². The van der Waals surface area contributed by atoms with Crippen molar-refractivity contribution in [1.29, 1.82) is 0 Å². The molecule has 1 aromatic heterocycles. The zero-order valence-electron chi connectivity index (χ0n) is 19.7. The third-order valence-electron chi connectivity index (χ3n) is 6.83. The summed E-state index contributed by atoms with van der Waals surface area (Å²) in [5.74, 6) is 0.762. The van der Waals surface area contributed by atoms with Crippen LogP contribution in [0.1, 0.15) is 30.1 Å². The topological polar surface area (TPSA) is 99.4 Å². The van der Waals surface area contributed by atoms with Crippen LogP contribution < -0.4 is 15.8 Å². The molecular formula is C25H30N6O3. The summed E-state index contributed by atoms with van der Waals surface area (Å²) in [7, 11) is 1.71. The van der Waals surface area contributed by atoms with Gasteiger partial charge in [0.25, 0.3) is 17.4 Å². The minimum atomic E-state index is -0.340. The molecule has 1 aromatic rings. The molecule has 2 amide bonds. The highest BCUT2D eigenvalue weighted by Crippen LogP contribution is 2.38. The molecule has 3 aliphatic heterocycles. The van der Waals surface area contributed by atoms with Gasteiger partial charge in [0.2, 0.25) is 0 Å². The Labute approximate surface area is 198 Å². The van der Waals surface area contributed by atoms with Gasteiger partial charge in [0.1, 0.15) is 17.4 Å². The lowest BCUT2D eigenvalue weighted by molar-refractivity contribution is -0.114. The summed E-state index contributed by atoms with van der Waals surface area (Å²) in [6.45, 7) is 6.26. The van der Waals surface area contributed by atoms with Crippen LogP contribution in [0.15, 0.2) is 50.2 Å². The smallest absolute Gasteiger partial charge is 0.273 e. The van der Waals surface area contributed by atoms with Crippen molar-refractivity contribution in [1.82, 2.24) is 14.8 Å². The second kappa shape index (κ2) is 9.13. The monoisotopic (exact) mass is 462 g/mol. The predicted octanol–water partition coefficient (Wildman–Crippen LogP) is 0.954. The van der Waals surface area contributed by atoms with Gasteiger partial charge in [-0.05, 0) is 55.5 Å². The molecule has 9 nitrogen and oxygen atoms in total. The van der Waals surface area contributed by atoms with Crippen LogP contribution >= 0.6 is 0 Å². The number of carbonyl (C=O) groups excluding carboxylic acids is 2. The largest absolute Gasteiger partial charge is 0.355 e. The molecule has 178 valence electrons. The van der Waals surface area contributed by atoms with E-state index in [2.05, 4.69) is 25.1 Å². The Hall–Kier alpha value is -3.33. The number of anilines is 1. The van der Waals surface area contributed by atoms with Gasteiger partial charge >= 0.3 is 0 Å². The highest BCUT2D eigenvalue weighted by Gasteiger charge is 2.34. The second-order valence-electron chi connectivity index (χ2n) is 9.27. The highest BCUT2D eigenvalue weighted by molar-refractivity contribution is 6.17. The molecule has 0 aromatic carbocycles. The Kier molecular flexibility index (Phi) is 6.03. The van der Waals surface area contributed by atoms with Gasteiger partial charge in [-0.15, -0.1) is 0 Å². The first-order valence-electron chi connectivity index (χ1n) is 12.0. The van der Waals surface area contributed by atoms with E-state index >= 15 is 0 Å². The van der Waals surface area contributed by atoms with E-state index in [0.717, 1.165) is 68.2 Å². The zero-order valence-corrected chi connectivity index (χ0v) is 19.7. The minimum Gasteiger partial charge on any atom is -0.355 e. The number of hydrogen-bond acceptors (Lipinski definition) is 6. The van der Waals surface area contributed by atoms with E-state index in [1.165, 1.54) is 0 Å². The zero-order chi connectivity index (χ0) is 23.8. The normalized spacial score (nSPS) is 22.6. The first-order chi connectivity index (χ1) is 16.4. The number of amides is 2. The van der Waals surface area contributed by atoms with Crippen LogP contribution in [0.5, 0.6) is 0 Å². The van der Waals surface area contributed by atoms with E-state index in [0.29, 0.717) is 12.5 Å². The number of nitrogens with one attached hydrogen (secondary N) is 1. The molecule has 1 saturated heterocycles. The van der Waals surface area contributed by atoms with Crippen LogP contribution in [0, 0.1) is 5.92 Å². The van der Waals surface area contributed by atoms with E-state index in [4.69, 9.17) is 0 Å². The molecule has 1 saturated carbocycles. The summed E-state index contributed by atoms with van der Waals surface area (Å²) < 4.78 is 1.55.